The van der Waals surface area contributed by atoms with Gasteiger partial charge in [0.2, 0.25) is 10.0 Å². The van der Waals surface area contributed by atoms with Crippen LogP contribution in [-0.4, -0.2) is 15.0 Å². The fourth-order valence-electron chi connectivity index (χ4n) is 2.84. The zero-order valence-corrected chi connectivity index (χ0v) is 12.8. The van der Waals surface area contributed by atoms with Gasteiger partial charge in [0.05, 0.1) is 10.5 Å². The summed E-state index contributed by atoms with van der Waals surface area (Å²) in [5, 5.41) is 9.02. The fourth-order valence-corrected chi connectivity index (χ4v) is 4.05. The largest absolute Gasteiger partial charge is 0.399 e. The number of anilines is 1. The highest BCUT2D eigenvalue weighted by molar-refractivity contribution is 7.89. The van der Waals surface area contributed by atoms with Gasteiger partial charge in [0.15, 0.2) is 0 Å². The van der Waals surface area contributed by atoms with E-state index < -0.39 is 10.0 Å². The minimum absolute atomic E-state index is 0.0000615. The van der Waals surface area contributed by atoms with Gasteiger partial charge < -0.3 is 5.73 Å². The van der Waals surface area contributed by atoms with Crippen LogP contribution in [0.3, 0.4) is 0 Å². The highest BCUT2D eigenvalue weighted by Crippen LogP contribution is 2.28. The van der Waals surface area contributed by atoms with E-state index in [4.69, 9.17) is 11.0 Å². The van der Waals surface area contributed by atoms with Crippen molar-refractivity contribution in [2.75, 3.05) is 12.3 Å². The molecule has 0 aromatic heterocycles. The van der Waals surface area contributed by atoms with Crippen LogP contribution in [0.5, 0.6) is 0 Å². The third-order valence-electron chi connectivity index (χ3n) is 3.97. The molecule has 0 spiro atoms. The zero-order valence-electron chi connectivity index (χ0n) is 12.0. The molecule has 0 atom stereocenters. The molecule has 114 valence electrons. The van der Waals surface area contributed by atoms with Crippen molar-refractivity contribution in [3.8, 4) is 6.07 Å². The number of nitrogens with two attached hydrogens (primary N) is 1. The number of nitrogens with one attached hydrogen (secondary N) is 1. The Morgan fingerprint density at radius 1 is 1.33 bits per heavy atom. The standard InChI is InChI=1S/C15H21N3O2S/c16-11-13-10-14(17)7-8-15(13)21(19,20)18-9-3-6-12-4-1-2-5-12/h7-8,10,12,18H,1-6,9,17H2. The molecule has 3 N–H and O–H groups in total. The van der Waals surface area contributed by atoms with E-state index in [1.165, 1.54) is 43.9 Å². The Morgan fingerprint density at radius 3 is 2.71 bits per heavy atom. The Morgan fingerprint density at radius 2 is 2.05 bits per heavy atom. The molecule has 1 fully saturated rings. The zero-order chi connectivity index (χ0) is 15.3. The predicted molar refractivity (Wildman–Crippen MR) is 81.9 cm³/mol. The molecule has 2 rings (SSSR count). The number of nitriles is 1. The van der Waals surface area contributed by atoms with Crippen LogP contribution in [0.2, 0.25) is 0 Å². The summed E-state index contributed by atoms with van der Waals surface area (Å²) in [4.78, 5) is 0.0000615. The fraction of sp³-hybridized carbons (Fsp3) is 0.533. The lowest BCUT2D eigenvalue weighted by atomic mass is 10.0. The molecule has 1 aromatic carbocycles. The van der Waals surface area contributed by atoms with E-state index in [0.29, 0.717) is 12.2 Å². The van der Waals surface area contributed by atoms with Crippen LogP contribution in [-0.2, 0) is 10.0 Å². The molecular weight excluding hydrogens is 286 g/mol. The number of hydrogen-bond acceptors (Lipinski definition) is 4. The Kier molecular flexibility index (Phi) is 5.21. The lowest BCUT2D eigenvalue weighted by Gasteiger charge is -2.11. The molecule has 1 aromatic rings. The third kappa shape index (κ3) is 4.19. The van der Waals surface area contributed by atoms with Gasteiger partial charge in [0.1, 0.15) is 6.07 Å². The van der Waals surface area contributed by atoms with E-state index in [-0.39, 0.29) is 10.5 Å². The summed E-state index contributed by atoms with van der Waals surface area (Å²) in [6, 6.07) is 6.14. The summed E-state index contributed by atoms with van der Waals surface area (Å²) in [5.41, 5.74) is 6.03. The van der Waals surface area contributed by atoms with Crippen LogP contribution in [0.25, 0.3) is 0 Å². The maximum Gasteiger partial charge on any atom is 0.241 e. The van der Waals surface area contributed by atoms with E-state index in [1.807, 2.05) is 6.07 Å². The summed E-state index contributed by atoms with van der Waals surface area (Å²) in [7, 11) is -3.64. The summed E-state index contributed by atoms with van der Waals surface area (Å²) in [6.45, 7) is 0.411. The van der Waals surface area contributed by atoms with Crippen LogP contribution in [0.1, 0.15) is 44.1 Å². The summed E-state index contributed by atoms with van der Waals surface area (Å²) in [6.07, 6.45) is 7.03. The number of hydrogen-bond donors (Lipinski definition) is 2. The molecule has 0 amide bonds. The molecule has 6 heteroatoms. The highest BCUT2D eigenvalue weighted by atomic mass is 32.2. The Hall–Kier alpha value is -1.58. The molecule has 0 aliphatic heterocycles. The van der Waals surface area contributed by atoms with E-state index in [1.54, 1.807) is 0 Å². The Labute approximate surface area is 126 Å². The minimum atomic E-state index is -3.64. The van der Waals surface area contributed by atoms with Crippen LogP contribution in [0, 0.1) is 17.2 Å². The molecule has 0 radical (unpaired) electrons. The van der Waals surface area contributed by atoms with Gasteiger partial charge in [0, 0.05) is 12.2 Å². The van der Waals surface area contributed by atoms with E-state index in [2.05, 4.69) is 4.72 Å². The minimum Gasteiger partial charge on any atom is -0.399 e. The van der Waals surface area contributed by atoms with Crippen LogP contribution in [0.4, 0.5) is 5.69 Å². The smallest absolute Gasteiger partial charge is 0.241 e. The van der Waals surface area contributed by atoms with Crippen molar-refractivity contribution in [2.45, 2.75) is 43.4 Å². The number of benzene rings is 1. The van der Waals surface area contributed by atoms with E-state index in [0.717, 1.165) is 18.8 Å². The topological polar surface area (TPSA) is 96.0 Å². The summed E-state index contributed by atoms with van der Waals surface area (Å²) in [5.74, 6) is 0.751. The molecule has 1 aliphatic carbocycles. The second-order valence-corrected chi connectivity index (χ2v) is 7.29. The van der Waals surface area contributed by atoms with Crippen molar-refractivity contribution in [2.24, 2.45) is 5.92 Å². The first-order chi connectivity index (χ1) is 10.0. The van der Waals surface area contributed by atoms with Crippen molar-refractivity contribution in [1.82, 2.24) is 4.72 Å². The average molecular weight is 307 g/mol. The van der Waals surface area contributed by atoms with Crippen LogP contribution in [0.15, 0.2) is 23.1 Å². The molecule has 1 saturated carbocycles. The van der Waals surface area contributed by atoms with Gasteiger partial charge in [-0.15, -0.1) is 0 Å². The molecule has 0 saturated heterocycles. The third-order valence-corrected chi connectivity index (χ3v) is 5.49. The van der Waals surface area contributed by atoms with Gasteiger partial charge in [-0.25, -0.2) is 13.1 Å². The number of rotatable bonds is 6. The quantitative estimate of drug-likeness (QED) is 0.623. The first-order valence-electron chi connectivity index (χ1n) is 7.32. The number of nitrogen functional groups attached to an aromatic ring is 1. The van der Waals surface area contributed by atoms with Crippen molar-refractivity contribution in [3.63, 3.8) is 0 Å². The van der Waals surface area contributed by atoms with E-state index in [9.17, 15) is 8.42 Å². The number of nitrogens with zero attached hydrogens (tertiary/aromatic N) is 1. The van der Waals surface area contributed by atoms with Crippen LogP contribution < -0.4 is 10.5 Å². The molecule has 21 heavy (non-hydrogen) atoms. The normalized spacial score (nSPS) is 16.0. The monoisotopic (exact) mass is 307 g/mol. The molecule has 1 aliphatic rings. The lowest BCUT2D eigenvalue weighted by Crippen LogP contribution is -2.26. The second kappa shape index (κ2) is 6.92. The summed E-state index contributed by atoms with van der Waals surface area (Å²) < 4.78 is 27.0. The first-order valence-corrected chi connectivity index (χ1v) is 8.80. The highest BCUT2D eigenvalue weighted by Gasteiger charge is 2.19. The SMILES string of the molecule is N#Cc1cc(N)ccc1S(=O)(=O)NCCCC1CCCC1. The molecule has 0 bridgehead atoms. The van der Waals surface area contributed by atoms with Gasteiger partial charge in [-0.05, 0) is 37.0 Å². The van der Waals surface area contributed by atoms with Gasteiger partial charge in [-0.1, -0.05) is 25.7 Å². The second-order valence-electron chi connectivity index (χ2n) is 5.56. The van der Waals surface area contributed by atoms with E-state index >= 15 is 0 Å². The molecule has 5 nitrogen and oxygen atoms in total. The Balaban J connectivity index is 1.94. The van der Waals surface area contributed by atoms with Crippen molar-refractivity contribution in [1.29, 1.82) is 5.26 Å². The van der Waals surface area contributed by atoms with Crippen LogP contribution >= 0.6 is 0 Å². The van der Waals surface area contributed by atoms with Crippen molar-refractivity contribution < 1.29 is 8.42 Å². The summed E-state index contributed by atoms with van der Waals surface area (Å²) >= 11 is 0. The van der Waals surface area contributed by atoms with Gasteiger partial charge in [-0.2, -0.15) is 5.26 Å². The average Bonchev–Trinajstić information content (AvgIpc) is 2.96. The first kappa shape index (κ1) is 15.8. The van der Waals surface area contributed by atoms with Gasteiger partial charge in [0.25, 0.3) is 0 Å². The maximum atomic E-state index is 12.2. The lowest BCUT2D eigenvalue weighted by molar-refractivity contribution is 0.480. The predicted octanol–water partition coefficient (Wildman–Crippen LogP) is 2.39. The molecule has 0 unspecified atom stereocenters. The van der Waals surface area contributed by atoms with Gasteiger partial charge in [-0.3, -0.25) is 0 Å². The number of sulfonamides is 1. The van der Waals surface area contributed by atoms with Crippen molar-refractivity contribution >= 4 is 15.7 Å². The Bertz CT molecular complexity index is 629. The molecular formula is C15H21N3O2S. The van der Waals surface area contributed by atoms with Crippen molar-refractivity contribution in [3.05, 3.63) is 23.8 Å². The molecule has 0 heterocycles. The maximum absolute atomic E-state index is 12.2. The van der Waals surface area contributed by atoms with Gasteiger partial charge >= 0.3 is 0 Å².